The van der Waals surface area contributed by atoms with E-state index in [1.54, 1.807) is 25.1 Å². The average Bonchev–Trinajstić information content (AvgIpc) is 3.11. The van der Waals surface area contributed by atoms with Crippen molar-refractivity contribution in [2.75, 3.05) is 5.73 Å². The summed E-state index contributed by atoms with van der Waals surface area (Å²) in [5, 5.41) is 19.9. The van der Waals surface area contributed by atoms with Crippen molar-refractivity contribution in [2.24, 2.45) is 0 Å². The molecule has 3 aromatic heterocycles. The number of anilines is 1. The Morgan fingerprint density at radius 3 is 2.80 bits per heavy atom. The molecule has 25 heavy (non-hydrogen) atoms. The normalized spacial score (nSPS) is 12.1. The third-order valence-corrected chi connectivity index (χ3v) is 4.86. The third kappa shape index (κ3) is 2.14. The first-order chi connectivity index (χ1) is 12.0. The van der Waals surface area contributed by atoms with Crippen LogP contribution in [0.3, 0.4) is 0 Å². The van der Waals surface area contributed by atoms with Gasteiger partial charge in [0.05, 0.1) is 21.5 Å². The maximum Gasteiger partial charge on any atom is 0.264 e. The molecule has 0 aliphatic rings. The van der Waals surface area contributed by atoms with E-state index in [4.69, 9.17) is 5.73 Å². The topological polar surface area (TPSA) is 117 Å². The van der Waals surface area contributed by atoms with Crippen LogP contribution in [0.1, 0.15) is 16.0 Å². The minimum absolute atomic E-state index is 0.198. The molecule has 4 aromatic rings. The SMILES string of the molecule is Cc1c(C#N)c2nc3ccccc3n2c(=O)/c1=C/c1sc(N)nc1O. The van der Waals surface area contributed by atoms with E-state index >= 15 is 0 Å². The van der Waals surface area contributed by atoms with Crippen molar-refractivity contribution in [2.45, 2.75) is 6.92 Å². The number of aromatic hydroxyl groups is 1. The van der Waals surface area contributed by atoms with Gasteiger partial charge in [0.1, 0.15) is 6.07 Å². The monoisotopic (exact) mass is 349 g/mol. The number of nitriles is 1. The highest BCUT2D eigenvalue weighted by atomic mass is 32.1. The number of hydrogen-bond acceptors (Lipinski definition) is 7. The summed E-state index contributed by atoms with van der Waals surface area (Å²) in [6.07, 6.45) is 1.51. The molecule has 0 spiro atoms. The third-order valence-electron chi connectivity index (χ3n) is 4.04. The number of thiazole rings is 1. The Hall–Kier alpha value is -3.44. The summed E-state index contributed by atoms with van der Waals surface area (Å²) in [5.41, 5.74) is 7.70. The van der Waals surface area contributed by atoms with Gasteiger partial charge in [0.25, 0.3) is 5.56 Å². The number of rotatable bonds is 1. The Bertz CT molecular complexity index is 1310. The molecule has 0 unspecified atom stereocenters. The molecule has 3 heterocycles. The summed E-state index contributed by atoms with van der Waals surface area (Å²) in [5.74, 6) is -0.240. The summed E-state index contributed by atoms with van der Waals surface area (Å²) in [6.45, 7) is 1.69. The fourth-order valence-electron chi connectivity index (χ4n) is 2.85. The average molecular weight is 349 g/mol. The lowest BCUT2D eigenvalue weighted by Crippen LogP contribution is -2.34. The smallest absolute Gasteiger partial charge is 0.264 e. The van der Waals surface area contributed by atoms with E-state index in [1.165, 1.54) is 10.5 Å². The van der Waals surface area contributed by atoms with Gasteiger partial charge in [0.2, 0.25) is 5.88 Å². The molecule has 122 valence electrons. The zero-order valence-corrected chi connectivity index (χ0v) is 13.8. The molecular formula is C17H11N5O2S. The van der Waals surface area contributed by atoms with Gasteiger partial charge < -0.3 is 10.8 Å². The summed E-state index contributed by atoms with van der Waals surface area (Å²) in [7, 11) is 0. The number of fused-ring (bicyclic) bond motifs is 3. The van der Waals surface area contributed by atoms with Crippen LogP contribution in [0.2, 0.25) is 0 Å². The second kappa shape index (κ2) is 5.29. The zero-order chi connectivity index (χ0) is 17.7. The van der Waals surface area contributed by atoms with Crippen molar-refractivity contribution >= 4 is 39.2 Å². The van der Waals surface area contributed by atoms with Crippen LogP contribution in [0.4, 0.5) is 5.13 Å². The molecule has 3 N–H and O–H groups in total. The van der Waals surface area contributed by atoms with E-state index in [0.717, 1.165) is 11.3 Å². The molecule has 4 rings (SSSR count). The number of benzene rings is 1. The molecule has 0 saturated heterocycles. The lowest BCUT2D eigenvalue weighted by atomic mass is 10.1. The fourth-order valence-corrected chi connectivity index (χ4v) is 3.52. The maximum atomic E-state index is 13.1. The van der Waals surface area contributed by atoms with Crippen molar-refractivity contribution in [3.05, 3.63) is 55.8 Å². The molecule has 8 heteroatoms. The number of pyridine rings is 1. The van der Waals surface area contributed by atoms with E-state index in [1.807, 2.05) is 6.07 Å². The number of nitrogen functional groups attached to an aromatic ring is 1. The largest absolute Gasteiger partial charge is 0.492 e. The van der Waals surface area contributed by atoms with Crippen LogP contribution in [0.5, 0.6) is 5.88 Å². The summed E-state index contributed by atoms with van der Waals surface area (Å²) in [4.78, 5) is 21.6. The highest BCUT2D eigenvalue weighted by Gasteiger charge is 2.16. The Labute approximate surface area is 144 Å². The van der Waals surface area contributed by atoms with E-state index in [9.17, 15) is 15.2 Å². The summed E-state index contributed by atoms with van der Waals surface area (Å²) in [6, 6.07) is 9.33. The van der Waals surface area contributed by atoms with Gasteiger partial charge in [-0.25, -0.2) is 4.98 Å². The Morgan fingerprint density at radius 1 is 1.36 bits per heavy atom. The molecule has 0 radical (unpaired) electrons. The van der Waals surface area contributed by atoms with E-state index in [0.29, 0.717) is 37.9 Å². The van der Waals surface area contributed by atoms with Crippen molar-refractivity contribution in [1.29, 1.82) is 5.26 Å². The molecule has 0 bridgehead atoms. The van der Waals surface area contributed by atoms with Crippen molar-refractivity contribution < 1.29 is 5.11 Å². The number of nitrogens with two attached hydrogens (primary N) is 1. The highest BCUT2D eigenvalue weighted by Crippen LogP contribution is 2.26. The number of aromatic nitrogens is 3. The summed E-state index contributed by atoms with van der Waals surface area (Å²) >= 11 is 1.07. The first-order valence-corrected chi connectivity index (χ1v) is 8.13. The van der Waals surface area contributed by atoms with Crippen LogP contribution in [-0.2, 0) is 0 Å². The lowest BCUT2D eigenvalue weighted by Gasteiger charge is -2.02. The van der Waals surface area contributed by atoms with Gasteiger partial charge in [-0.15, -0.1) is 0 Å². The minimum Gasteiger partial charge on any atom is -0.492 e. The van der Waals surface area contributed by atoms with E-state index in [2.05, 4.69) is 16.0 Å². The fraction of sp³-hybridized carbons (Fsp3) is 0.0588. The van der Waals surface area contributed by atoms with Gasteiger partial charge in [-0.2, -0.15) is 10.2 Å². The molecule has 0 fully saturated rings. The van der Waals surface area contributed by atoms with Crippen molar-refractivity contribution in [3.63, 3.8) is 0 Å². The predicted octanol–water partition coefficient (Wildman–Crippen LogP) is 1.32. The quantitative estimate of drug-likeness (QED) is 0.535. The number of imidazole rings is 1. The van der Waals surface area contributed by atoms with E-state index < -0.39 is 0 Å². The molecule has 0 saturated carbocycles. The first kappa shape index (κ1) is 15.1. The number of para-hydroxylation sites is 2. The van der Waals surface area contributed by atoms with Crippen LogP contribution >= 0.6 is 11.3 Å². The van der Waals surface area contributed by atoms with Crippen LogP contribution in [0, 0.1) is 18.3 Å². The molecular weight excluding hydrogens is 338 g/mol. The second-order valence-corrected chi connectivity index (χ2v) is 6.54. The zero-order valence-electron chi connectivity index (χ0n) is 13.0. The maximum absolute atomic E-state index is 13.1. The molecule has 0 aliphatic heterocycles. The molecule has 0 amide bonds. The molecule has 0 aliphatic carbocycles. The van der Waals surface area contributed by atoms with Gasteiger partial charge in [-0.1, -0.05) is 23.5 Å². The predicted molar refractivity (Wildman–Crippen MR) is 95.4 cm³/mol. The summed E-state index contributed by atoms with van der Waals surface area (Å²) < 4.78 is 1.42. The van der Waals surface area contributed by atoms with E-state index in [-0.39, 0.29) is 16.6 Å². The minimum atomic E-state index is -0.313. The number of nitrogens with zero attached hydrogens (tertiary/aromatic N) is 4. The van der Waals surface area contributed by atoms with Gasteiger partial charge in [0.15, 0.2) is 10.8 Å². The van der Waals surface area contributed by atoms with Crippen LogP contribution < -0.4 is 16.5 Å². The van der Waals surface area contributed by atoms with Crippen molar-refractivity contribution in [3.8, 4) is 11.9 Å². The Morgan fingerprint density at radius 2 is 2.12 bits per heavy atom. The van der Waals surface area contributed by atoms with Crippen LogP contribution in [0.25, 0.3) is 22.8 Å². The lowest BCUT2D eigenvalue weighted by molar-refractivity contribution is 0.457. The van der Waals surface area contributed by atoms with Crippen molar-refractivity contribution in [1.82, 2.24) is 14.4 Å². The Balaban J connectivity index is 2.23. The second-order valence-electron chi connectivity index (χ2n) is 5.47. The van der Waals surface area contributed by atoms with Crippen LogP contribution in [-0.4, -0.2) is 19.5 Å². The van der Waals surface area contributed by atoms with Gasteiger partial charge in [0, 0.05) is 5.22 Å². The highest BCUT2D eigenvalue weighted by molar-refractivity contribution is 7.16. The Kier molecular flexibility index (Phi) is 3.20. The molecule has 7 nitrogen and oxygen atoms in total. The standard InChI is InChI=1S/C17H11N5O2S/c1-8-9(6-13-15(23)21-17(19)25-13)16(24)22-12-5-3-2-4-11(12)20-14(22)10(8)7-18/h2-6,23H,1H3,(H2,19,21)/b9-6+. The molecule has 0 atom stereocenters. The molecule has 1 aromatic carbocycles. The van der Waals surface area contributed by atoms with Crippen LogP contribution in [0.15, 0.2) is 29.1 Å². The number of hydrogen-bond donors (Lipinski definition) is 2. The van der Waals surface area contributed by atoms with Gasteiger partial charge in [-0.3, -0.25) is 9.20 Å². The first-order valence-electron chi connectivity index (χ1n) is 7.32. The van der Waals surface area contributed by atoms with Gasteiger partial charge in [-0.05, 0) is 30.7 Å². The van der Waals surface area contributed by atoms with Gasteiger partial charge >= 0.3 is 0 Å².